The zero-order valence-corrected chi connectivity index (χ0v) is 22.9. The molecule has 2 atom stereocenters. The minimum atomic E-state index is -4.46. The highest BCUT2D eigenvalue weighted by molar-refractivity contribution is 5.94. The number of rotatable bonds is 7. The molecule has 1 fully saturated rings. The summed E-state index contributed by atoms with van der Waals surface area (Å²) >= 11 is 0. The Kier molecular flexibility index (Phi) is 10.7. The Bertz CT molecular complexity index is 1360. The molecule has 4 rings (SSSR count). The highest BCUT2D eigenvalue weighted by atomic mass is 19.4. The molecule has 0 amide bonds. The number of nitrogens with zero attached hydrogens (tertiary/aromatic N) is 1. The largest absolute Gasteiger partial charge is 0.495 e. The number of hydrogen-bond donors (Lipinski definition) is 3. The second-order valence-corrected chi connectivity index (χ2v) is 8.79. The summed E-state index contributed by atoms with van der Waals surface area (Å²) in [5.41, 5.74) is 1.97. The van der Waals surface area contributed by atoms with Crippen molar-refractivity contribution in [3.63, 3.8) is 0 Å². The third kappa shape index (κ3) is 7.60. The molecule has 0 spiro atoms. The van der Waals surface area contributed by atoms with Crippen molar-refractivity contribution in [3.8, 4) is 17.6 Å². The number of piperidine rings is 1. The third-order valence-corrected chi connectivity index (χ3v) is 6.24. The number of carbonyl (C=O) groups is 1. The van der Waals surface area contributed by atoms with Gasteiger partial charge >= 0.3 is 12.1 Å². The Morgan fingerprint density at radius 1 is 1.15 bits per heavy atom. The molecule has 3 N–H and O–H groups in total. The first kappa shape index (κ1) is 30.6. The van der Waals surface area contributed by atoms with Crippen LogP contribution < -0.4 is 20.7 Å². The molecule has 2 unspecified atom stereocenters. The number of esters is 1. The van der Waals surface area contributed by atoms with Crippen LogP contribution in [0.15, 0.2) is 42.5 Å². The third-order valence-electron chi connectivity index (χ3n) is 6.24. The number of nitrogens with one attached hydrogen (secondary N) is 3. The van der Waals surface area contributed by atoms with Gasteiger partial charge < -0.3 is 30.0 Å². The van der Waals surface area contributed by atoms with Gasteiger partial charge in [-0.3, -0.25) is 0 Å². The molecule has 0 radical (unpaired) electrons. The molecule has 0 saturated carbocycles. The van der Waals surface area contributed by atoms with E-state index in [1.807, 2.05) is 13.8 Å². The number of ether oxygens (including phenoxy) is 2. The van der Waals surface area contributed by atoms with Gasteiger partial charge in [0.1, 0.15) is 18.5 Å². The molecule has 40 heavy (non-hydrogen) atoms. The summed E-state index contributed by atoms with van der Waals surface area (Å²) in [7, 11) is 2.72. The molecule has 0 bridgehead atoms. The number of hydrogen-bond acceptors (Lipinski definition) is 6. The van der Waals surface area contributed by atoms with Gasteiger partial charge in [0.2, 0.25) is 0 Å². The monoisotopic (exact) mass is 562 g/mol. The fourth-order valence-corrected chi connectivity index (χ4v) is 4.40. The van der Waals surface area contributed by atoms with Gasteiger partial charge in [-0.1, -0.05) is 25.8 Å². The molecule has 1 aromatic heterocycles. The van der Waals surface area contributed by atoms with Crippen LogP contribution in [0.2, 0.25) is 0 Å². The van der Waals surface area contributed by atoms with Gasteiger partial charge in [-0.25, -0.2) is 9.18 Å². The molecule has 1 saturated heterocycles. The van der Waals surface area contributed by atoms with Crippen LogP contribution in [0, 0.1) is 11.8 Å². The molecular weight excluding hydrogens is 528 g/mol. The Balaban J connectivity index is 0.00000216. The molecular formula is C29H34F4N4O3. The molecule has 1 aliphatic rings. The first-order chi connectivity index (χ1) is 19.2. The number of anilines is 2. The average Bonchev–Trinajstić information content (AvgIpc) is 3.29. The zero-order valence-electron chi connectivity index (χ0n) is 22.9. The van der Waals surface area contributed by atoms with Crippen molar-refractivity contribution in [1.29, 1.82) is 0 Å². The van der Waals surface area contributed by atoms with Crippen LogP contribution in [-0.4, -0.2) is 62.8 Å². The minimum Gasteiger partial charge on any atom is -0.495 e. The standard InChI is InChI=1S/C27H28F4N4O3.C2H6/c1-37-25-13-17(26(36)38-2)8-9-23(25)33-11-4-5-18-14-19-21(34-22-10-12-32-15-20(22)28)6-3-7-24(19)35(18)16-27(29,30)31;1-2/h3,6-9,13-14,20,22,32-34H,10-12,15-16H2,1-2H3;1-2H3. The number of benzene rings is 2. The minimum absolute atomic E-state index is 0.102. The highest BCUT2D eigenvalue weighted by Crippen LogP contribution is 2.31. The molecule has 2 aromatic carbocycles. The summed E-state index contributed by atoms with van der Waals surface area (Å²) < 4.78 is 65.9. The molecule has 7 nitrogen and oxygen atoms in total. The number of carbonyl (C=O) groups excluding carboxylic acids is 1. The van der Waals surface area contributed by atoms with E-state index in [2.05, 4.69) is 27.8 Å². The quantitative estimate of drug-likeness (QED) is 0.198. The van der Waals surface area contributed by atoms with Gasteiger partial charge in [0.05, 0.1) is 49.3 Å². The van der Waals surface area contributed by atoms with Crippen molar-refractivity contribution < 1.29 is 31.8 Å². The Morgan fingerprint density at radius 3 is 2.60 bits per heavy atom. The van der Waals surface area contributed by atoms with E-state index in [0.29, 0.717) is 46.6 Å². The average molecular weight is 563 g/mol. The Hall–Kier alpha value is -3.91. The SMILES string of the molecule is CC.COC(=O)c1ccc(NCC#Cc2cc3c(NC4CCNCC4F)cccc3n2CC(F)(F)F)c(OC)c1. The highest BCUT2D eigenvalue weighted by Gasteiger charge is 2.30. The number of halogens is 4. The van der Waals surface area contributed by atoms with E-state index < -0.39 is 30.9 Å². The lowest BCUT2D eigenvalue weighted by atomic mass is 10.0. The van der Waals surface area contributed by atoms with Gasteiger partial charge in [-0.2, -0.15) is 13.2 Å². The predicted molar refractivity (Wildman–Crippen MR) is 149 cm³/mol. The normalized spacial score (nSPS) is 16.7. The maximum atomic E-state index is 14.4. The second-order valence-electron chi connectivity index (χ2n) is 8.79. The number of alkyl halides is 4. The molecule has 216 valence electrons. The summed E-state index contributed by atoms with van der Waals surface area (Å²) in [5, 5.41) is 9.76. The van der Waals surface area contributed by atoms with Gasteiger partial charge in [0, 0.05) is 17.6 Å². The van der Waals surface area contributed by atoms with Crippen LogP contribution in [0.3, 0.4) is 0 Å². The molecule has 2 heterocycles. The Morgan fingerprint density at radius 2 is 1.93 bits per heavy atom. The van der Waals surface area contributed by atoms with E-state index in [4.69, 9.17) is 9.47 Å². The number of aromatic nitrogens is 1. The van der Waals surface area contributed by atoms with Crippen LogP contribution in [0.1, 0.15) is 36.3 Å². The summed E-state index contributed by atoms with van der Waals surface area (Å²) in [6.45, 7) is 3.77. The lowest BCUT2D eigenvalue weighted by Gasteiger charge is -2.28. The molecule has 1 aliphatic heterocycles. The van der Waals surface area contributed by atoms with Crippen molar-refractivity contribution in [2.45, 2.75) is 45.2 Å². The van der Waals surface area contributed by atoms with Crippen LogP contribution in [-0.2, 0) is 11.3 Å². The van der Waals surface area contributed by atoms with Crippen molar-refractivity contribution in [1.82, 2.24) is 9.88 Å². The van der Waals surface area contributed by atoms with E-state index in [-0.39, 0.29) is 18.8 Å². The maximum Gasteiger partial charge on any atom is 0.406 e. The van der Waals surface area contributed by atoms with E-state index in [9.17, 15) is 22.4 Å². The fraction of sp³-hybridized carbons (Fsp3) is 0.414. The maximum absolute atomic E-state index is 14.4. The van der Waals surface area contributed by atoms with E-state index >= 15 is 0 Å². The first-order valence-corrected chi connectivity index (χ1v) is 13.0. The fourth-order valence-electron chi connectivity index (χ4n) is 4.40. The molecule has 11 heteroatoms. The second kappa shape index (κ2) is 13.9. The predicted octanol–water partition coefficient (Wildman–Crippen LogP) is 5.60. The van der Waals surface area contributed by atoms with Crippen LogP contribution in [0.25, 0.3) is 10.9 Å². The molecule has 0 aliphatic carbocycles. The van der Waals surface area contributed by atoms with Crippen molar-refractivity contribution in [2.24, 2.45) is 0 Å². The Labute approximate surface area is 231 Å². The summed E-state index contributed by atoms with van der Waals surface area (Å²) in [5.74, 6) is 5.57. The molecule has 3 aromatic rings. The van der Waals surface area contributed by atoms with Gasteiger partial charge in [-0.05, 0) is 55.3 Å². The summed E-state index contributed by atoms with van der Waals surface area (Å²) in [6, 6.07) is 10.8. The lowest BCUT2D eigenvalue weighted by molar-refractivity contribution is -0.140. The van der Waals surface area contributed by atoms with Crippen molar-refractivity contribution >= 4 is 28.2 Å². The topological polar surface area (TPSA) is 76.5 Å². The smallest absolute Gasteiger partial charge is 0.406 e. The summed E-state index contributed by atoms with van der Waals surface area (Å²) in [6.07, 6.45) is -5.01. The van der Waals surface area contributed by atoms with Crippen molar-refractivity contribution in [2.75, 3.05) is 44.5 Å². The summed E-state index contributed by atoms with van der Waals surface area (Å²) in [4.78, 5) is 11.7. The zero-order chi connectivity index (χ0) is 29.3. The van der Waals surface area contributed by atoms with E-state index in [0.717, 1.165) is 4.57 Å². The number of methoxy groups -OCH3 is 2. The van der Waals surface area contributed by atoms with Gasteiger partial charge in [0.25, 0.3) is 0 Å². The van der Waals surface area contributed by atoms with Gasteiger partial charge in [0.15, 0.2) is 0 Å². The first-order valence-electron chi connectivity index (χ1n) is 13.0. The van der Waals surface area contributed by atoms with Crippen LogP contribution in [0.5, 0.6) is 5.75 Å². The van der Waals surface area contributed by atoms with E-state index in [1.54, 1.807) is 36.4 Å². The van der Waals surface area contributed by atoms with Crippen molar-refractivity contribution in [3.05, 3.63) is 53.7 Å². The van der Waals surface area contributed by atoms with Crippen LogP contribution in [0.4, 0.5) is 28.9 Å². The number of fused-ring (bicyclic) bond motifs is 1. The van der Waals surface area contributed by atoms with Crippen LogP contribution >= 0.6 is 0 Å². The lowest BCUT2D eigenvalue weighted by Crippen LogP contribution is -2.45. The van der Waals surface area contributed by atoms with E-state index in [1.165, 1.54) is 20.3 Å². The van der Waals surface area contributed by atoms with Gasteiger partial charge in [-0.15, -0.1) is 0 Å².